The van der Waals surface area contributed by atoms with Gasteiger partial charge in [0.25, 0.3) is 5.56 Å². The van der Waals surface area contributed by atoms with E-state index in [9.17, 15) is 9.59 Å². The number of rotatable bonds is 5. The van der Waals surface area contributed by atoms with E-state index in [1.807, 2.05) is 6.92 Å². The van der Waals surface area contributed by atoms with Crippen molar-refractivity contribution >= 4 is 34.4 Å². The second-order valence-electron chi connectivity index (χ2n) is 7.07. The number of aryl methyl sites for hydroxylation is 1. The molecule has 0 unspecified atom stereocenters. The number of imidazole rings is 1. The maximum atomic E-state index is 13.3. The van der Waals surface area contributed by atoms with Gasteiger partial charge in [0.1, 0.15) is 0 Å². The Kier molecular flexibility index (Phi) is 5.01. The zero-order chi connectivity index (χ0) is 20.7. The summed E-state index contributed by atoms with van der Waals surface area (Å²) in [7, 11) is 1.60. The number of fused-ring (bicyclic) bond motifs is 3. The number of anilines is 1. The Morgan fingerprint density at radius 1 is 1.21 bits per heavy atom. The van der Waals surface area contributed by atoms with E-state index in [4.69, 9.17) is 16.7 Å². The molecule has 10 heteroatoms. The Bertz CT molecular complexity index is 1220. The van der Waals surface area contributed by atoms with Gasteiger partial charge in [0.05, 0.1) is 18.8 Å². The van der Waals surface area contributed by atoms with Crippen LogP contribution >= 0.6 is 11.6 Å². The van der Waals surface area contributed by atoms with Gasteiger partial charge in [-0.2, -0.15) is 10.1 Å². The van der Waals surface area contributed by atoms with Gasteiger partial charge in [0, 0.05) is 25.2 Å². The first-order valence-electron chi connectivity index (χ1n) is 9.27. The summed E-state index contributed by atoms with van der Waals surface area (Å²) < 4.78 is 4.38. The number of hydrogen-bond donors (Lipinski definition) is 1. The smallest absolute Gasteiger partial charge is 0.332 e. The highest BCUT2D eigenvalue weighted by molar-refractivity contribution is 6.30. The third-order valence-corrected chi connectivity index (χ3v) is 5.16. The van der Waals surface area contributed by atoms with Crippen LogP contribution in [-0.2, 0) is 20.1 Å². The van der Waals surface area contributed by atoms with Crippen molar-refractivity contribution in [1.82, 2.24) is 18.7 Å². The first-order chi connectivity index (χ1) is 13.9. The topological polar surface area (TPSA) is 97.7 Å². The van der Waals surface area contributed by atoms with Crippen molar-refractivity contribution in [2.24, 2.45) is 12.1 Å². The molecule has 0 aliphatic carbocycles. The van der Waals surface area contributed by atoms with E-state index in [2.05, 4.69) is 10.1 Å². The summed E-state index contributed by atoms with van der Waals surface area (Å²) in [4.78, 5) is 30.7. The van der Waals surface area contributed by atoms with Crippen LogP contribution in [0.1, 0.15) is 18.9 Å². The predicted octanol–water partition coefficient (Wildman–Crippen LogP) is 1.18. The molecule has 0 radical (unpaired) electrons. The van der Waals surface area contributed by atoms with Crippen molar-refractivity contribution in [3.8, 4) is 0 Å². The second kappa shape index (κ2) is 7.49. The summed E-state index contributed by atoms with van der Waals surface area (Å²) in [5.41, 5.74) is 1.46. The Morgan fingerprint density at radius 2 is 1.93 bits per heavy atom. The first-order valence-corrected chi connectivity index (χ1v) is 9.65. The lowest BCUT2D eigenvalue weighted by molar-refractivity contribution is 0.289. The number of aliphatic hydroxyl groups is 1. The van der Waals surface area contributed by atoms with Gasteiger partial charge in [-0.15, -0.1) is 0 Å². The Balaban J connectivity index is 1.89. The maximum Gasteiger partial charge on any atom is 0.332 e. The number of aromatic nitrogens is 4. The predicted molar refractivity (Wildman–Crippen MR) is 112 cm³/mol. The van der Waals surface area contributed by atoms with Crippen LogP contribution in [0.5, 0.6) is 0 Å². The fourth-order valence-corrected chi connectivity index (χ4v) is 3.63. The normalized spacial score (nSPS) is 13.7. The van der Waals surface area contributed by atoms with E-state index < -0.39 is 11.2 Å². The highest BCUT2D eigenvalue weighted by Gasteiger charge is 2.26. The number of hydrazone groups is 1. The largest absolute Gasteiger partial charge is 0.396 e. The molecule has 1 aliphatic rings. The molecule has 1 N–H and O–H groups in total. The summed E-state index contributed by atoms with van der Waals surface area (Å²) in [6, 6.07) is 7.03. The molecule has 1 aliphatic heterocycles. The Morgan fingerprint density at radius 3 is 2.62 bits per heavy atom. The highest BCUT2D eigenvalue weighted by Crippen LogP contribution is 2.23. The molecule has 0 fully saturated rings. The van der Waals surface area contributed by atoms with Gasteiger partial charge in [-0.1, -0.05) is 23.7 Å². The average molecular weight is 417 g/mol. The number of nitrogens with zero attached hydrogens (tertiary/aromatic N) is 6. The van der Waals surface area contributed by atoms with Gasteiger partial charge in [-0.3, -0.25) is 18.5 Å². The lowest BCUT2D eigenvalue weighted by atomic mass is 10.2. The summed E-state index contributed by atoms with van der Waals surface area (Å²) >= 11 is 5.93. The SMILES string of the molecule is CC1=NN(CCCO)c2nc3c(c(=O)n(Cc4ccc(Cl)cc4)c(=O)n3C)n2C1. The molecular formula is C19H21ClN6O3. The van der Waals surface area contributed by atoms with E-state index in [1.54, 1.807) is 40.9 Å². The maximum absolute atomic E-state index is 13.3. The van der Waals surface area contributed by atoms with Gasteiger partial charge in [-0.25, -0.2) is 9.80 Å². The molecule has 0 atom stereocenters. The zero-order valence-electron chi connectivity index (χ0n) is 16.2. The summed E-state index contributed by atoms with van der Waals surface area (Å²) in [6.45, 7) is 2.91. The lowest BCUT2D eigenvalue weighted by Gasteiger charge is -2.24. The Labute approximate surface area is 171 Å². The van der Waals surface area contributed by atoms with Gasteiger partial charge < -0.3 is 5.11 Å². The minimum Gasteiger partial charge on any atom is -0.396 e. The van der Waals surface area contributed by atoms with Crippen LogP contribution in [0.15, 0.2) is 39.0 Å². The number of aliphatic hydroxyl groups excluding tert-OH is 1. The molecule has 0 saturated carbocycles. The van der Waals surface area contributed by atoms with Crippen molar-refractivity contribution in [1.29, 1.82) is 0 Å². The van der Waals surface area contributed by atoms with Crippen LogP contribution in [0, 0.1) is 0 Å². The van der Waals surface area contributed by atoms with Crippen LogP contribution in [0.25, 0.3) is 11.2 Å². The van der Waals surface area contributed by atoms with Gasteiger partial charge in [-0.05, 0) is 31.0 Å². The molecule has 1 aromatic carbocycles. The molecule has 4 rings (SSSR count). The van der Waals surface area contributed by atoms with Crippen molar-refractivity contribution < 1.29 is 5.11 Å². The van der Waals surface area contributed by atoms with Gasteiger partial charge in [0.15, 0.2) is 11.2 Å². The fourth-order valence-electron chi connectivity index (χ4n) is 3.50. The minimum absolute atomic E-state index is 0.0255. The third-order valence-electron chi connectivity index (χ3n) is 4.90. The van der Waals surface area contributed by atoms with Crippen molar-refractivity contribution in [3.63, 3.8) is 0 Å². The van der Waals surface area contributed by atoms with E-state index in [0.29, 0.717) is 41.6 Å². The van der Waals surface area contributed by atoms with E-state index in [-0.39, 0.29) is 13.2 Å². The highest BCUT2D eigenvalue weighted by atomic mass is 35.5. The van der Waals surface area contributed by atoms with Crippen LogP contribution in [-0.4, -0.2) is 42.7 Å². The molecular weight excluding hydrogens is 396 g/mol. The summed E-state index contributed by atoms with van der Waals surface area (Å²) in [5, 5.41) is 15.9. The van der Waals surface area contributed by atoms with Gasteiger partial charge >= 0.3 is 5.69 Å². The molecule has 9 nitrogen and oxygen atoms in total. The zero-order valence-corrected chi connectivity index (χ0v) is 16.9. The van der Waals surface area contributed by atoms with E-state index >= 15 is 0 Å². The second-order valence-corrected chi connectivity index (χ2v) is 7.50. The average Bonchev–Trinajstić information content (AvgIpc) is 3.08. The third kappa shape index (κ3) is 3.36. The lowest BCUT2D eigenvalue weighted by Crippen LogP contribution is -2.40. The van der Waals surface area contributed by atoms with Crippen molar-refractivity contribution in [3.05, 3.63) is 55.7 Å². The molecule has 152 valence electrons. The molecule has 29 heavy (non-hydrogen) atoms. The molecule has 3 aromatic rings. The number of benzene rings is 1. The van der Waals surface area contributed by atoms with Crippen LogP contribution in [0.3, 0.4) is 0 Å². The molecule has 3 heterocycles. The number of hydrogen-bond acceptors (Lipinski definition) is 6. The fraction of sp³-hybridized carbons (Fsp3) is 0.368. The molecule has 2 aromatic heterocycles. The molecule has 0 amide bonds. The quantitative estimate of drug-likeness (QED) is 0.673. The van der Waals surface area contributed by atoms with Crippen molar-refractivity contribution in [2.75, 3.05) is 18.2 Å². The van der Waals surface area contributed by atoms with E-state index in [1.165, 1.54) is 9.13 Å². The molecule has 0 bridgehead atoms. The van der Waals surface area contributed by atoms with Crippen LogP contribution in [0.4, 0.5) is 5.95 Å². The first kappa shape index (κ1) is 19.4. The van der Waals surface area contributed by atoms with Crippen molar-refractivity contribution in [2.45, 2.75) is 26.4 Å². The van der Waals surface area contributed by atoms with E-state index in [0.717, 1.165) is 11.3 Å². The minimum atomic E-state index is -0.438. The Hall–Kier alpha value is -2.91. The molecule has 0 saturated heterocycles. The monoisotopic (exact) mass is 416 g/mol. The van der Waals surface area contributed by atoms with Crippen LogP contribution < -0.4 is 16.3 Å². The van der Waals surface area contributed by atoms with Crippen LogP contribution in [0.2, 0.25) is 5.02 Å². The van der Waals surface area contributed by atoms with Gasteiger partial charge in [0.2, 0.25) is 5.95 Å². The summed E-state index contributed by atoms with van der Waals surface area (Å²) in [6.07, 6.45) is 0.514. The number of halogens is 1. The molecule has 0 spiro atoms. The summed E-state index contributed by atoms with van der Waals surface area (Å²) in [5.74, 6) is 0.496. The standard InChI is InChI=1S/C19H21ClN6O3/c1-12-10-24-15-16(21-18(24)26(22-12)8-3-9-27)23(2)19(29)25(17(15)28)11-13-4-6-14(20)7-5-13/h4-7,27H,3,8-11H2,1-2H3.